The van der Waals surface area contributed by atoms with Gasteiger partial charge in [0.05, 0.1) is 17.3 Å². The van der Waals surface area contributed by atoms with Gasteiger partial charge in [-0.25, -0.2) is 9.69 Å². The molecule has 1 aliphatic heterocycles. The van der Waals surface area contributed by atoms with Crippen molar-refractivity contribution in [3.8, 4) is 11.5 Å². The van der Waals surface area contributed by atoms with Crippen molar-refractivity contribution in [2.45, 2.75) is 13.5 Å². The predicted molar refractivity (Wildman–Crippen MR) is 151 cm³/mol. The van der Waals surface area contributed by atoms with Crippen LogP contribution in [0.5, 0.6) is 11.5 Å². The van der Waals surface area contributed by atoms with Crippen LogP contribution < -0.4 is 19.7 Å². The maximum Gasteiger partial charge on any atom is 0.335 e. The zero-order valence-corrected chi connectivity index (χ0v) is 22.3. The number of halogens is 2. The number of fused-ring (bicyclic) bond motifs is 1. The van der Waals surface area contributed by atoms with E-state index in [2.05, 4.69) is 5.32 Å². The topological polar surface area (TPSA) is 84.9 Å². The lowest BCUT2D eigenvalue weighted by atomic mass is 10.1. The third-order valence-corrected chi connectivity index (χ3v) is 6.61. The van der Waals surface area contributed by atoms with E-state index in [1.807, 2.05) is 49.4 Å². The van der Waals surface area contributed by atoms with Crippen LogP contribution in [0.1, 0.15) is 18.1 Å². The van der Waals surface area contributed by atoms with Gasteiger partial charge < -0.3 is 9.47 Å². The van der Waals surface area contributed by atoms with Crippen LogP contribution in [-0.2, 0) is 16.2 Å². The Kier molecular flexibility index (Phi) is 7.54. The summed E-state index contributed by atoms with van der Waals surface area (Å²) in [6, 6.07) is 22.4. The Balaban J connectivity index is 1.46. The molecule has 7 nitrogen and oxygen atoms in total. The largest absolute Gasteiger partial charge is 0.490 e. The molecule has 39 heavy (non-hydrogen) atoms. The minimum atomic E-state index is -0.852. The number of urea groups is 1. The quantitative estimate of drug-likeness (QED) is 0.198. The number of ether oxygens (including phenoxy) is 2. The third-order valence-electron chi connectivity index (χ3n) is 6.08. The summed E-state index contributed by atoms with van der Waals surface area (Å²) in [6.07, 6.45) is 1.36. The number of nitrogens with zero attached hydrogens (tertiary/aromatic N) is 1. The van der Waals surface area contributed by atoms with E-state index in [4.69, 9.17) is 32.7 Å². The number of imide groups is 2. The summed E-state index contributed by atoms with van der Waals surface area (Å²) in [5, 5.41) is 5.04. The zero-order valence-electron chi connectivity index (χ0n) is 20.7. The van der Waals surface area contributed by atoms with Crippen molar-refractivity contribution in [1.29, 1.82) is 0 Å². The second-order valence-electron chi connectivity index (χ2n) is 8.62. The molecule has 0 aliphatic carbocycles. The van der Waals surface area contributed by atoms with Crippen LogP contribution in [0.3, 0.4) is 0 Å². The summed E-state index contributed by atoms with van der Waals surface area (Å²) >= 11 is 12.5. The zero-order chi connectivity index (χ0) is 27.5. The number of carbonyl (C=O) groups excluding carboxylic acids is 3. The van der Waals surface area contributed by atoms with Gasteiger partial charge in [0.15, 0.2) is 11.5 Å². The van der Waals surface area contributed by atoms with Gasteiger partial charge in [0, 0.05) is 5.02 Å². The highest BCUT2D eigenvalue weighted by Crippen LogP contribution is 2.38. The average molecular weight is 561 g/mol. The molecule has 0 atom stereocenters. The number of barbiturate groups is 1. The minimum absolute atomic E-state index is 0.238. The van der Waals surface area contributed by atoms with Crippen LogP contribution >= 0.6 is 23.2 Å². The summed E-state index contributed by atoms with van der Waals surface area (Å²) < 4.78 is 11.9. The Bertz CT molecular complexity index is 1630. The number of anilines is 1. The highest BCUT2D eigenvalue weighted by Gasteiger charge is 2.36. The maximum atomic E-state index is 13.2. The third kappa shape index (κ3) is 5.46. The van der Waals surface area contributed by atoms with E-state index in [1.165, 1.54) is 18.2 Å². The Morgan fingerprint density at radius 1 is 0.897 bits per heavy atom. The van der Waals surface area contributed by atoms with Crippen molar-refractivity contribution >= 4 is 63.6 Å². The molecule has 1 N–H and O–H groups in total. The molecule has 0 unspecified atom stereocenters. The number of carbonyl (C=O) groups is 3. The fraction of sp³-hybridized carbons (Fsp3) is 0.100. The average Bonchev–Trinajstić information content (AvgIpc) is 2.92. The molecular formula is C30H22Cl2N2O5. The van der Waals surface area contributed by atoms with Crippen LogP contribution in [0.2, 0.25) is 10.0 Å². The van der Waals surface area contributed by atoms with E-state index in [1.54, 1.807) is 24.3 Å². The summed E-state index contributed by atoms with van der Waals surface area (Å²) in [4.78, 5) is 39.2. The van der Waals surface area contributed by atoms with Crippen molar-refractivity contribution in [2.75, 3.05) is 11.5 Å². The normalized spacial score (nSPS) is 14.6. The van der Waals surface area contributed by atoms with E-state index in [0.717, 1.165) is 21.2 Å². The lowest BCUT2D eigenvalue weighted by Gasteiger charge is -2.26. The molecule has 4 aromatic carbocycles. The molecule has 4 aromatic rings. The van der Waals surface area contributed by atoms with Crippen LogP contribution in [-0.4, -0.2) is 24.5 Å². The van der Waals surface area contributed by atoms with Crippen molar-refractivity contribution in [3.63, 3.8) is 0 Å². The second kappa shape index (κ2) is 11.2. The first-order valence-corrected chi connectivity index (χ1v) is 12.8. The highest BCUT2D eigenvalue weighted by atomic mass is 35.5. The van der Waals surface area contributed by atoms with E-state index in [-0.39, 0.29) is 22.9 Å². The first kappa shape index (κ1) is 26.3. The maximum absolute atomic E-state index is 13.2. The molecule has 1 saturated heterocycles. The summed E-state index contributed by atoms with van der Waals surface area (Å²) in [7, 11) is 0. The van der Waals surface area contributed by atoms with Crippen molar-refractivity contribution in [1.82, 2.24) is 5.32 Å². The number of benzene rings is 4. The minimum Gasteiger partial charge on any atom is -0.490 e. The summed E-state index contributed by atoms with van der Waals surface area (Å²) in [6.45, 7) is 2.40. The molecular weight excluding hydrogens is 539 g/mol. The van der Waals surface area contributed by atoms with Crippen molar-refractivity contribution < 1.29 is 23.9 Å². The molecule has 4 amide bonds. The number of nitrogens with one attached hydrogen (secondary N) is 1. The van der Waals surface area contributed by atoms with Gasteiger partial charge in [-0.2, -0.15) is 0 Å². The summed E-state index contributed by atoms with van der Waals surface area (Å²) in [5.41, 5.74) is 1.43. The van der Waals surface area contributed by atoms with E-state index in [9.17, 15) is 14.4 Å². The molecule has 9 heteroatoms. The van der Waals surface area contributed by atoms with Gasteiger partial charge in [0.25, 0.3) is 11.8 Å². The number of hydrogen-bond acceptors (Lipinski definition) is 5. The van der Waals surface area contributed by atoms with Gasteiger partial charge in [-0.3, -0.25) is 14.9 Å². The molecule has 0 aromatic heterocycles. The molecule has 0 bridgehead atoms. The predicted octanol–water partition coefficient (Wildman–Crippen LogP) is 6.79. The molecule has 0 radical (unpaired) electrons. The van der Waals surface area contributed by atoms with E-state index >= 15 is 0 Å². The van der Waals surface area contributed by atoms with Gasteiger partial charge >= 0.3 is 6.03 Å². The molecule has 0 spiro atoms. The number of amides is 4. The fourth-order valence-corrected chi connectivity index (χ4v) is 4.69. The van der Waals surface area contributed by atoms with Gasteiger partial charge in [-0.15, -0.1) is 0 Å². The van der Waals surface area contributed by atoms with E-state index < -0.39 is 17.8 Å². The Labute approximate surface area is 234 Å². The highest BCUT2D eigenvalue weighted by molar-refractivity contribution is 6.39. The Morgan fingerprint density at radius 2 is 1.64 bits per heavy atom. The number of hydrogen-bond donors (Lipinski definition) is 1. The smallest absolute Gasteiger partial charge is 0.335 e. The first-order chi connectivity index (χ1) is 18.9. The number of rotatable bonds is 7. The molecule has 196 valence electrons. The SMILES string of the molecule is CCOc1cc(C=C2C(=O)NC(=O)N(c3ccc(Cl)cc3)C2=O)cc(Cl)c1OCc1cccc2ccccc12. The monoisotopic (exact) mass is 560 g/mol. The lowest BCUT2D eigenvalue weighted by molar-refractivity contribution is -0.122. The molecule has 0 saturated carbocycles. The van der Waals surface area contributed by atoms with Crippen LogP contribution in [0, 0.1) is 0 Å². The standard InChI is InChI=1S/C30H22Cl2N2O5/c1-2-38-26-16-18(14-24-28(35)33-30(37)34(29(24)36)22-12-10-21(31)11-13-22)15-25(32)27(26)39-17-20-8-5-7-19-6-3-4-9-23(19)20/h3-16H,2,17H2,1H3,(H,33,35,37). The van der Waals surface area contributed by atoms with Gasteiger partial charge in [0.1, 0.15) is 12.2 Å². The fourth-order valence-electron chi connectivity index (χ4n) is 4.29. The second-order valence-corrected chi connectivity index (χ2v) is 9.47. The Morgan fingerprint density at radius 3 is 2.41 bits per heavy atom. The molecule has 1 heterocycles. The summed E-state index contributed by atoms with van der Waals surface area (Å²) in [5.74, 6) is -0.908. The van der Waals surface area contributed by atoms with Crippen molar-refractivity contribution in [3.05, 3.63) is 106 Å². The molecule has 5 rings (SSSR count). The Hall–Kier alpha value is -4.33. The molecule has 1 aliphatic rings. The lowest BCUT2D eigenvalue weighted by Crippen LogP contribution is -2.54. The van der Waals surface area contributed by atoms with Crippen molar-refractivity contribution in [2.24, 2.45) is 0 Å². The van der Waals surface area contributed by atoms with Gasteiger partial charge in [-0.05, 0) is 71.3 Å². The molecule has 1 fully saturated rings. The first-order valence-electron chi connectivity index (χ1n) is 12.1. The van der Waals surface area contributed by atoms with Crippen LogP contribution in [0.25, 0.3) is 16.8 Å². The van der Waals surface area contributed by atoms with Crippen LogP contribution in [0.4, 0.5) is 10.5 Å². The van der Waals surface area contributed by atoms with E-state index in [0.29, 0.717) is 28.7 Å². The van der Waals surface area contributed by atoms with Gasteiger partial charge in [0.2, 0.25) is 0 Å². The van der Waals surface area contributed by atoms with Crippen LogP contribution in [0.15, 0.2) is 84.4 Å². The van der Waals surface area contributed by atoms with Gasteiger partial charge in [-0.1, -0.05) is 65.7 Å².